The van der Waals surface area contributed by atoms with Crippen LogP contribution in [-0.4, -0.2) is 13.1 Å². The molecule has 0 bridgehead atoms. The first-order chi connectivity index (χ1) is 7.04. The summed E-state index contributed by atoms with van der Waals surface area (Å²) in [4.78, 5) is 1.51. The third-order valence-corrected chi connectivity index (χ3v) is 3.83. The Morgan fingerprint density at radius 3 is 2.60 bits per heavy atom. The minimum absolute atomic E-state index is 0.365. The van der Waals surface area contributed by atoms with Crippen molar-refractivity contribution in [3.05, 3.63) is 22.4 Å². The van der Waals surface area contributed by atoms with Crippen molar-refractivity contribution >= 4 is 11.3 Å². The van der Waals surface area contributed by atoms with Crippen LogP contribution in [0.3, 0.4) is 0 Å². The van der Waals surface area contributed by atoms with Gasteiger partial charge in [-0.15, -0.1) is 11.3 Å². The number of aryl methyl sites for hydroxylation is 1. The Labute approximate surface area is 97.9 Å². The van der Waals surface area contributed by atoms with E-state index in [1.807, 2.05) is 11.3 Å². The van der Waals surface area contributed by atoms with Crippen molar-refractivity contribution in [2.75, 3.05) is 7.05 Å². The first kappa shape index (κ1) is 12.7. The molecular weight excluding hydrogens is 202 g/mol. The Morgan fingerprint density at radius 1 is 1.40 bits per heavy atom. The number of rotatable bonds is 5. The van der Waals surface area contributed by atoms with E-state index in [0.29, 0.717) is 11.5 Å². The smallest absolute Gasteiger partial charge is 0.0113 e. The van der Waals surface area contributed by atoms with Gasteiger partial charge in [-0.05, 0) is 43.2 Å². The minimum Gasteiger partial charge on any atom is -0.316 e. The van der Waals surface area contributed by atoms with Gasteiger partial charge in [-0.3, -0.25) is 0 Å². The molecular formula is C13H23NS. The third-order valence-electron chi connectivity index (χ3n) is 2.89. The van der Waals surface area contributed by atoms with Gasteiger partial charge in [0.25, 0.3) is 0 Å². The lowest BCUT2D eigenvalue weighted by molar-refractivity contribution is 0.264. The minimum atomic E-state index is 0.365. The molecule has 1 unspecified atom stereocenters. The summed E-state index contributed by atoms with van der Waals surface area (Å²) in [6.45, 7) is 6.91. The molecule has 1 rings (SSSR count). The summed E-state index contributed by atoms with van der Waals surface area (Å²) in [5.41, 5.74) is 0.365. The van der Waals surface area contributed by atoms with Crippen LogP contribution in [0.2, 0.25) is 0 Å². The highest BCUT2D eigenvalue weighted by molar-refractivity contribution is 7.09. The van der Waals surface area contributed by atoms with Crippen molar-refractivity contribution in [3.8, 4) is 0 Å². The predicted octanol–water partition coefficient (Wildman–Crippen LogP) is 3.70. The lowest BCUT2D eigenvalue weighted by atomic mass is 9.84. The maximum atomic E-state index is 3.43. The summed E-state index contributed by atoms with van der Waals surface area (Å²) >= 11 is 1.87. The Balaban J connectivity index is 2.29. The van der Waals surface area contributed by atoms with E-state index in [2.05, 4.69) is 50.6 Å². The van der Waals surface area contributed by atoms with Crippen LogP contribution in [0.25, 0.3) is 0 Å². The Hall–Kier alpha value is -0.340. The highest BCUT2D eigenvalue weighted by atomic mass is 32.1. The molecule has 0 spiro atoms. The lowest BCUT2D eigenvalue weighted by Crippen LogP contribution is -2.37. The maximum Gasteiger partial charge on any atom is 0.0113 e. The fourth-order valence-corrected chi connectivity index (χ4v) is 2.70. The average Bonchev–Trinajstić information content (AvgIpc) is 2.62. The zero-order chi connectivity index (χ0) is 11.3. The fourth-order valence-electron chi connectivity index (χ4n) is 1.95. The second kappa shape index (κ2) is 5.66. The second-order valence-corrected chi connectivity index (χ2v) is 6.21. The van der Waals surface area contributed by atoms with Gasteiger partial charge in [0.1, 0.15) is 0 Å². The van der Waals surface area contributed by atoms with Crippen LogP contribution in [-0.2, 0) is 6.42 Å². The normalized spacial score (nSPS) is 14.1. The number of hydrogen-bond donors (Lipinski definition) is 1. The molecule has 0 radical (unpaired) electrons. The second-order valence-electron chi connectivity index (χ2n) is 5.18. The van der Waals surface area contributed by atoms with E-state index >= 15 is 0 Å². The Morgan fingerprint density at radius 2 is 2.13 bits per heavy atom. The molecule has 1 N–H and O–H groups in total. The van der Waals surface area contributed by atoms with Gasteiger partial charge in [-0.2, -0.15) is 0 Å². The van der Waals surface area contributed by atoms with E-state index < -0.39 is 0 Å². The largest absolute Gasteiger partial charge is 0.316 e. The Kier molecular flexibility index (Phi) is 4.81. The quantitative estimate of drug-likeness (QED) is 0.805. The number of thiophene rings is 1. The molecule has 0 aliphatic carbocycles. The number of hydrogen-bond acceptors (Lipinski definition) is 2. The highest BCUT2D eigenvalue weighted by Crippen LogP contribution is 2.23. The van der Waals surface area contributed by atoms with Crippen molar-refractivity contribution in [1.82, 2.24) is 5.32 Å². The van der Waals surface area contributed by atoms with Crippen molar-refractivity contribution in [3.63, 3.8) is 0 Å². The van der Waals surface area contributed by atoms with Crippen LogP contribution in [0.1, 0.15) is 38.5 Å². The summed E-state index contributed by atoms with van der Waals surface area (Å²) in [6, 6.07) is 4.99. The lowest BCUT2D eigenvalue weighted by Gasteiger charge is -2.30. The van der Waals surface area contributed by atoms with Crippen LogP contribution < -0.4 is 5.32 Å². The molecule has 0 saturated heterocycles. The van der Waals surface area contributed by atoms with E-state index in [1.54, 1.807) is 0 Å². The summed E-state index contributed by atoms with van der Waals surface area (Å²) < 4.78 is 0. The van der Waals surface area contributed by atoms with Gasteiger partial charge in [-0.25, -0.2) is 0 Å². The van der Waals surface area contributed by atoms with Crippen LogP contribution in [0.4, 0.5) is 0 Å². The molecule has 0 fully saturated rings. The van der Waals surface area contributed by atoms with Gasteiger partial charge in [0, 0.05) is 10.9 Å². The van der Waals surface area contributed by atoms with E-state index in [-0.39, 0.29) is 0 Å². The monoisotopic (exact) mass is 225 g/mol. The van der Waals surface area contributed by atoms with Gasteiger partial charge in [0.05, 0.1) is 0 Å². The van der Waals surface area contributed by atoms with Crippen LogP contribution in [0, 0.1) is 5.41 Å². The van der Waals surface area contributed by atoms with Crippen LogP contribution in [0.15, 0.2) is 17.5 Å². The van der Waals surface area contributed by atoms with Crippen LogP contribution in [0.5, 0.6) is 0 Å². The van der Waals surface area contributed by atoms with Gasteiger partial charge < -0.3 is 5.32 Å². The summed E-state index contributed by atoms with van der Waals surface area (Å²) in [5, 5.41) is 5.59. The molecule has 86 valence electrons. The Bertz CT molecular complexity index is 259. The fraction of sp³-hybridized carbons (Fsp3) is 0.692. The molecule has 0 aliphatic rings. The topological polar surface area (TPSA) is 12.0 Å². The van der Waals surface area contributed by atoms with E-state index in [0.717, 1.165) is 0 Å². The van der Waals surface area contributed by atoms with Crippen molar-refractivity contribution in [2.24, 2.45) is 5.41 Å². The number of nitrogens with one attached hydrogen (secondary N) is 1. The third kappa shape index (κ3) is 4.35. The van der Waals surface area contributed by atoms with Crippen molar-refractivity contribution in [1.29, 1.82) is 0 Å². The average molecular weight is 225 g/mol. The molecule has 1 heterocycles. The van der Waals surface area contributed by atoms with Gasteiger partial charge in [-0.1, -0.05) is 26.8 Å². The molecule has 0 aliphatic heterocycles. The molecule has 1 aromatic heterocycles. The SMILES string of the molecule is CNC(CCCc1cccs1)C(C)(C)C. The first-order valence-electron chi connectivity index (χ1n) is 5.73. The molecule has 1 atom stereocenters. The molecule has 15 heavy (non-hydrogen) atoms. The van der Waals surface area contributed by atoms with Crippen LogP contribution >= 0.6 is 11.3 Å². The van der Waals surface area contributed by atoms with E-state index in [4.69, 9.17) is 0 Å². The highest BCUT2D eigenvalue weighted by Gasteiger charge is 2.21. The molecule has 2 heteroatoms. The van der Waals surface area contributed by atoms with Crippen molar-refractivity contribution in [2.45, 2.75) is 46.1 Å². The van der Waals surface area contributed by atoms with E-state index in [1.165, 1.54) is 24.1 Å². The maximum absolute atomic E-state index is 3.43. The summed E-state index contributed by atoms with van der Waals surface area (Å²) in [6.07, 6.45) is 3.77. The van der Waals surface area contributed by atoms with Gasteiger partial charge >= 0.3 is 0 Å². The molecule has 1 nitrogen and oxygen atoms in total. The zero-order valence-corrected chi connectivity index (χ0v) is 11.2. The molecule has 0 aromatic carbocycles. The van der Waals surface area contributed by atoms with Crippen molar-refractivity contribution < 1.29 is 0 Å². The predicted molar refractivity (Wildman–Crippen MR) is 69.6 cm³/mol. The molecule has 1 aromatic rings. The summed E-state index contributed by atoms with van der Waals surface area (Å²) in [7, 11) is 2.07. The zero-order valence-electron chi connectivity index (χ0n) is 10.3. The summed E-state index contributed by atoms with van der Waals surface area (Å²) in [5.74, 6) is 0. The molecule has 0 saturated carbocycles. The standard InChI is InChI=1S/C13H23NS/c1-13(2,3)12(14-4)9-5-7-11-8-6-10-15-11/h6,8,10,12,14H,5,7,9H2,1-4H3. The van der Waals surface area contributed by atoms with Gasteiger partial charge in [0.2, 0.25) is 0 Å². The van der Waals surface area contributed by atoms with E-state index in [9.17, 15) is 0 Å². The van der Waals surface area contributed by atoms with Gasteiger partial charge in [0.15, 0.2) is 0 Å². The molecule has 0 amide bonds. The first-order valence-corrected chi connectivity index (χ1v) is 6.61.